The van der Waals surface area contributed by atoms with Crippen molar-refractivity contribution in [3.8, 4) is 0 Å². The van der Waals surface area contributed by atoms with Crippen LogP contribution in [0.25, 0.3) is 0 Å². The molecule has 22 heavy (non-hydrogen) atoms. The average molecular weight is 390 g/mol. The van der Waals surface area contributed by atoms with Crippen LogP contribution in [0.2, 0.25) is 0 Å². The molecule has 0 spiro atoms. The molecule has 6 heteroatoms. The molecule has 1 aromatic rings. The lowest BCUT2D eigenvalue weighted by Gasteiger charge is -2.34. The molecule has 0 heterocycles. The first-order valence-corrected chi connectivity index (χ1v) is 9.14. The van der Waals surface area contributed by atoms with Crippen LogP contribution in [0.15, 0.2) is 28.7 Å². The molecule has 0 aliphatic heterocycles. The molecule has 1 aromatic carbocycles. The quantitative estimate of drug-likeness (QED) is 0.595. The lowest BCUT2D eigenvalue weighted by molar-refractivity contribution is -0.144. The largest absolute Gasteiger partial charge is 0.598 e. The fourth-order valence-corrected chi connectivity index (χ4v) is 3.19. The number of nitrogens with one attached hydrogen (secondary N) is 1. The Balaban J connectivity index is 3.11. The summed E-state index contributed by atoms with van der Waals surface area (Å²) in [4.78, 5) is 12.0. The third-order valence-corrected chi connectivity index (χ3v) is 5.38. The highest BCUT2D eigenvalue weighted by atomic mass is 79.9. The molecule has 124 valence electrons. The molecule has 1 unspecified atom stereocenters. The Kier molecular flexibility index (Phi) is 6.92. The van der Waals surface area contributed by atoms with Gasteiger partial charge in [0.25, 0.3) is 0 Å². The number of halogens is 1. The van der Waals surface area contributed by atoms with Crippen LogP contribution < -0.4 is 4.72 Å². The summed E-state index contributed by atoms with van der Waals surface area (Å²) in [7, 11) is 0. The predicted molar refractivity (Wildman–Crippen MR) is 93.8 cm³/mol. The molecule has 0 bridgehead atoms. The second kappa shape index (κ2) is 7.81. The number of esters is 1. The fraction of sp³-hybridized carbons (Fsp3) is 0.562. The highest BCUT2D eigenvalue weighted by molar-refractivity contribution is 9.10. The van der Waals surface area contributed by atoms with Crippen molar-refractivity contribution in [2.75, 3.05) is 6.61 Å². The Morgan fingerprint density at radius 2 is 2.00 bits per heavy atom. The maximum absolute atomic E-state index is 12.5. The minimum absolute atomic E-state index is 0.110. The topological polar surface area (TPSA) is 61.4 Å². The second-order valence-electron chi connectivity index (χ2n) is 6.31. The zero-order valence-corrected chi connectivity index (χ0v) is 16.1. The summed E-state index contributed by atoms with van der Waals surface area (Å²) in [5.41, 5.74) is 0.112. The van der Waals surface area contributed by atoms with Crippen LogP contribution in [-0.4, -0.2) is 21.9 Å². The third-order valence-electron chi connectivity index (χ3n) is 3.14. The molecule has 0 aliphatic rings. The van der Waals surface area contributed by atoms with E-state index < -0.39 is 21.6 Å². The van der Waals surface area contributed by atoms with Gasteiger partial charge in [-0.2, -0.15) is 0 Å². The van der Waals surface area contributed by atoms with Crippen molar-refractivity contribution < 1.29 is 14.1 Å². The molecule has 0 fully saturated rings. The molecular formula is C16H24BrNO3S. The number of carbonyl (C=O) groups excluding carboxylic acids is 1. The minimum atomic E-state index is -1.31. The van der Waals surface area contributed by atoms with E-state index in [1.54, 1.807) is 6.92 Å². The molecule has 2 atom stereocenters. The molecule has 0 saturated carbocycles. The van der Waals surface area contributed by atoms with Gasteiger partial charge >= 0.3 is 5.97 Å². The van der Waals surface area contributed by atoms with Gasteiger partial charge in [-0.15, -0.1) is 4.72 Å². The highest BCUT2D eigenvalue weighted by Crippen LogP contribution is 2.30. The van der Waals surface area contributed by atoms with Gasteiger partial charge in [-0.1, -0.05) is 28.1 Å². The fourth-order valence-electron chi connectivity index (χ4n) is 1.89. The molecule has 0 aromatic heterocycles. The van der Waals surface area contributed by atoms with Gasteiger partial charge in [0.2, 0.25) is 0 Å². The molecule has 0 amide bonds. The molecule has 0 saturated heterocycles. The zero-order chi connectivity index (χ0) is 17.0. The van der Waals surface area contributed by atoms with Gasteiger partial charge in [0.1, 0.15) is 4.75 Å². The number of benzene rings is 1. The lowest BCUT2D eigenvalue weighted by Crippen LogP contribution is -2.51. The van der Waals surface area contributed by atoms with Crippen molar-refractivity contribution >= 4 is 33.3 Å². The van der Waals surface area contributed by atoms with Gasteiger partial charge in [-0.05, 0) is 52.3 Å². The smallest absolute Gasteiger partial charge is 0.308 e. The SMILES string of the molecule is CCOC(=O)C[C@](C)(N[S+]([O-])C(C)(C)C)c1cccc(Br)c1. The Morgan fingerprint density at radius 3 is 2.50 bits per heavy atom. The Morgan fingerprint density at radius 1 is 1.36 bits per heavy atom. The number of hydrogen-bond acceptors (Lipinski definition) is 4. The van der Waals surface area contributed by atoms with Crippen molar-refractivity contribution in [3.63, 3.8) is 0 Å². The summed E-state index contributed by atoms with van der Waals surface area (Å²) in [6, 6.07) is 7.64. The van der Waals surface area contributed by atoms with Crippen LogP contribution in [0.1, 0.15) is 46.6 Å². The van der Waals surface area contributed by atoms with Crippen LogP contribution in [0.5, 0.6) is 0 Å². The molecular weight excluding hydrogens is 366 g/mol. The molecule has 0 radical (unpaired) electrons. The highest BCUT2D eigenvalue weighted by Gasteiger charge is 2.39. The Bertz CT molecular complexity index is 518. The van der Waals surface area contributed by atoms with E-state index in [4.69, 9.17) is 4.74 Å². The number of carbonyl (C=O) groups is 1. The van der Waals surface area contributed by atoms with Crippen LogP contribution >= 0.6 is 15.9 Å². The number of ether oxygens (including phenoxy) is 1. The van der Waals surface area contributed by atoms with Crippen LogP contribution in [0, 0.1) is 0 Å². The standard InChI is InChI=1S/C16H24BrNO3S/c1-6-21-14(19)11-16(5,18-22(20)15(2,3)4)12-8-7-9-13(17)10-12/h7-10,18H,6,11H2,1-5H3/t16-,22?/m0/s1. The van der Waals surface area contributed by atoms with Gasteiger partial charge in [0.15, 0.2) is 0 Å². The summed E-state index contributed by atoms with van der Waals surface area (Å²) in [6.07, 6.45) is 0.110. The van der Waals surface area contributed by atoms with Gasteiger partial charge in [-0.3, -0.25) is 4.79 Å². The normalized spacial score (nSPS) is 16.0. The number of rotatable bonds is 6. The van der Waals surface area contributed by atoms with Crippen molar-refractivity contribution in [1.82, 2.24) is 4.72 Å². The molecule has 4 nitrogen and oxygen atoms in total. The summed E-state index contributed by atoms with van der Waals surface area (Å²) in [5.74, 6) is -0.316. The summed E-state index contributed by atoms with van der Waals surface area (Å²) >= 11 is 2.13. The van der Waals surface area contributed by atoms with Gasteiger partial charge in [0.05, 0.1) is 18.6 Å². The summed E-state index contributed by atoms with van der Waals surface area (Å²) in [5, 5.41) is 0. The van der Waals surface area contributed by atoms with E-state index in [2.05, 4.69) is 20.7 Å². The van der Waals surface area contributed by atoms with Crippen molar-refractivity contribution in [2.45, 2.75) is 51.3 Å². The number of hydrogen-bond donors (Lipinski definition) is 1. The first-order valence-electron chi connectivity index (χ1n) is 7.20. The van der Waals surface area contributed by atoms with E-state index in [1.807, 2.05) is 52.0 Å². The van der Waals surface area contributed by atoms with E-state index in [0.29, 0.717) is 6.61 Å². The van der Waals surface area contributed by atoms with Gasteiger partial charge in [0, 0.05) is 15.8 Å². The van der Waals surface area contributed by atoms with E-state index >= 15 is 0 Å². The van der Waals surface area contributed by atoms with E-state index in [-0.39, 0.29) is 12.4 Å². The Labute approximate surface area is 144 Å². The second-order valence-corrected chi connectivity index (χ2v) is 9.19. The maximum Gasteiger partial charge on any atom is 0.308 e. The monoisotopic (exact) mass is 389 g/mol. The van der Waals surface area contributed by atoms with E-state index in [0.717, 1.165) is 10.0 Å². The minimum Gasteiger partial charge on any atom is -0.598 e. The average Bonchev–Trinajstić information content (AvgIpc) is 2.37. The van der Waals surface area contributed by atoms with Gasteiger partial charge in [-0.25, -0.2) is 0 Å². The summed E-state index contributed by atoms with van der Waals surface area (Å²) in [6.45, 7) is 9.64. The maximum atomic E-state index is 12.5. The molecule has 1 N–H and O–H groups in total. The molecule has 1 rings (SSSR count). The first kappa shape index (κ1) is 19.5. The zero-order valence-electron chi connectivity index (χ0n) is 13.7. The third kappa shape index (κ3) is 5.57. The van der Waals surface area contributed by atoms with Crippen molar-refractivity contribution in [2.24, 2.45) is 0 Å². The van der Waals surface area contributed by atoms with Crippen molar-refractivity contribution in [1.29, 1.82) is 0 Å². The summed E-state index contributed by atoms with van der Waals surface area (Å²) < 4.78 is 21.2. The molecule has 0 aliphatic carbocycles. The van der Waals surface area contributed by atoms with E-state index in [9.17, 15) is 9.35 Å². The van der Waals surface area contributed by atoms with E-state index in [1.165, 1.54) is 0 Å². The van der Waals surface area contributed by atoms with Crippen LogP contribution in [0.3, 0.4) is 0 Å². The van der Waals surface area contributed by atoms with Crippen LogP contribution in [0.4, 0.5) is 0 Å². The van der Waals surface area contributed by atoms with Gasteiger partial charge < -0.3 is 9.29 Å². The lowest BCUT2D eigenvalue weighted by atomic mass is 9.90. The first-order chi connectivity index (χ1) is 10.1. The van der Waals surface area contributed by atoms with Crippen LogP contribution in [-0.2, 0) is 26.4 Å². The predicted octanol–water partition coefficient (Wildman–Crippen LogP) is 3.67. The Hall–Kier alpha value is -0.560. The van der Waals surface area contributed by atoms with Crippen molar-refractivity contribution in [3.05, 3.63) is 34.3 Å².